The normalized spacial score (nSPS) is 13.4. The van der Waals surface area contributed by atoms with Crippen molar-refractivity contribution in [3.63, 3.8) is 0 Å². The molecule has 2 amide bonds. The van der Waals surface area contributed by atoms with Gasteiger partial charge in [0.05, 0.1) is 20.4 Å². The summed E-state index contributed by atoms with van der Waals surface area (Å²) in [6.07, 6.45) is 4.83. The van der Waals surface area contributed by atoms with Crippen LogP contribution >= 0.6 is 0 Å². The van der Waals surface area contributed by atoms with Gasteiger partial charge in [0.15, 0.2) is 28.6 Å². The zero-order chi connectivity index (χ0) is 27.9. The van der Waals surface area contributed by atoms with Crippen LogP contribution in [0.1, 0.15) is 51.3 Å². The van der Waals surface area contributed by atoms with E-state index < -0.39 is 5.91 Å². The van der Waals surface area contributed by atoms with Crippen LogP contribution in [0.15, 0.2) is 76.2 Å². The Morgan fingerprint density at radius 2 is 1.70 bits per heavy atom. The van der Waals surface area contributed by atoms with Crippen LogP contribution in [0.3, 0.4) is 0 Å². The fraction of sp³-hybridized carbons (Fsp3) is 0.258. The first-order valence-electron chi connectivity index (χ1n) is 13.1. The highest BCUT2D eigenvalue weighted by atomic mass is 16.5. The van der Waals surface area contributed by atoms with Crippen LogP contribution in [0.2, 0.25) is 0 Å². The largest absolute Gasteiger partial charge is 0.493 e. The van der Waals surface area contributed by atoms with Crippen LogP contribution < -0.4 is 19.6 Å². The Bertz CT molecular complexity index is 1520. The molecule has 1 aliphatic heterocycles. The second kappa shape index (κ2) is 12.4. The molecule has 0 unspecified atom stereocenters. The smallest absolute Gasteiger partial charge is 0.307 e. The number of rotatable bonds is 9. The number of ether oxygens (including phenoxy) is 3. The van der Waals surface area contributed by atoms with Crippen LogP contribution in [0.5, 0.6) is 17.2 Å². The van der Waals surface area contributed by atoms with E-state index in [0.29, 0.717) is 40.6 Å². The van der Waals surface area contributed by atoms with Crippen LogP contribution in [0.25, 0.3) is 11.0 Å². The minimum Gasteiger partial charge on any atom is -0.493 e. The van der Waals surface area contributed by atoms with Crippen LogP contribution in [0, 0.1) is 0 Å². The summed E-state index contributed by atoms with van der Waals surface area (Å²) < 4.78 is 22.4. The number of nitrogens with one attached hydrogen (secondary N) is 1. The average molecular weight is 542 g/mol. The monoisotopic (exact) mass is 541 g/mol. The fourth-order valence-corrected chi connectivity index (χ4v) is 4.60. The van der Waals surface area contributed by atoms with Gasteiger partial charge < -0.3 is 23.5 Å². The molecule has 5 rings (SSSR count). The van der Waals surface area contributed by atoms with Gasteiger partial charge in [-0.25, -0.2) is 5.43 Å². The molecule has 9 heteroatoms. The van der Waals surface area contributed by atoms with Gasteiger partial charge in [-0.05, 0) is 72.9 Å². The fourth-order valence-electron chi connectivity index (χ4n) is 4.60. The third kappa shape index (κ3) is 6.09. The van der Waals surface area contributed by atoms with E-state index in [1.807, 2.05) is 41.3 Å². The minimum atomic E-state index is -0.481. The number of carbonyl (C=O) groups is 2. The SMILES string of the molecule is COc1cc(/C=N\NC(=O)c2cc3cccc(OC)c3o2)ccc1OCc1ccc(C(=O)N2CCCCC2)cc1. The number of hydrogen-bond donors (Lipinski definition) is 1. The topological polar surface area (TPSA) is 103 Å². The molecular weight excluding hydrogens is 510 g/mol. The van der Waals surface area contributed by atoms with Gasteiger partial charge in [0, 0.05) is 24.0 Å². The first-order chi connectivity index (χ1) is 19.6. The molecule has 0 spiro atoms. The van der Waals surface area contributed by atoms with Crippen molar-refractivity contribution in [1.82, 2.24) is 10.3 Å². The van der Waals surface area contributed by atoms with Crippen LogP contribution in [0.4, 0.5) is 0 Å². The first kappa shape index (κ1) is 26.8. The van der Waals surface area contributed by atoms with Crippen molar-refractivity contribution in [2.45, 2.75) is 25.9 Å². The maximum Gasteiger partial charge on any atom is 0.307 e. The van der Waals surface area contributed by atoms with Gasteiger partial charge in [0.1, 0.15) is 6.61 Å². The van der Waals surface area contributed by atoms with E-state index in [2.05, 4.69) is 10.5 Å². The zero-order valence-corrected chi connectivity index (χ0v) is 22.5. The van der Waals surface area contributed by atoms with Crippen molar-refractivity contribution in [3.8, 4) is 17.2 Å². The Balaban J connectivity index is 1.17. The molecule has 206 valence electrons. The number of fused-ring (bicyclic) bond motifs is 1. The Kier molecular flexibility index (Phi) is 8.29. The molecule has 3 aromatic carbocycles. The second-order valence-corrected chi connectivity index (χ2v) is 9.44. The van der Waals surface area contributed by atoms with Gasteiger partial charge in [-0.3, -0.25) is 9.59 Å². The average Bonchev–Trinajstić information content (AvgIpc) is 3.45. The summed E-state index contributed by atoms with van der Waals surface area (Å²) in [4.78, 5) is 27.1. The molecule has 0 aliphatic carbocycles. The Morgan fingerprint density at radius 1 is 0.925 bits per heavy atom. The predicted molar refractivity (Wildman–Crippen MR) is 151 cm³/mol. The van der Waals surface area contributed by atoms with Crippen molar-refractivity contribution < 1.29 is 28.2 Å². The summed E-state index contributed by atoms with van der Waals surface area (Å²) in [6.45, 7) is 1.97. The summed E-state index contributed by atoms with van der Waals surface area (Å²) >= 11 is 0. The lowest BCUT2D eigenvalue weighted by atomic mass is 10.1. The van der Waals surface area contributed by atoms with E-state index in [0.717, 1.165) is 36.9 Å². The molecule has 1 N–H and O–H groups in total. The van der Waals surface area contributed by atoms with Gasteiger partial charge in [-0.2, -0.15) is 5.10 Å². The van der Waals surface area contributed by atoms with Gasteiger partial charge in [-0.1, -0.05) is 24.3 Å². The van der Waals surface area contributed by atoms with Gasteiger partial charge in [0.2, 0.25) is 0 Å². The molecule has 1 aromatic heterocycles. The van der Waals surface area contributed by atoms with Crippen molar-refractivity contribution in [3.05, 3.63) is 89.2 Å². The lowest BCUT2D eigenvalue weighted by molar-refractivity contribution is 0.0724. The Morgan fingerprint density at radius 3 is 2.45 bits per heavy atom. The third-order valence-corrected chi connectivity index (χ3v) is 6.76. The number of amides is 2. The number of methoxy groups -OCH3 is 2. The van der Waals surface area contributed by atoms with Crippen molar-refractivity contribution in [2.75, 3.05) is 27.3 Å². The molecule has 0 bridgehead atoms. The number of benzene rings is 3. The molecule has 2 heterocycles. The molecule has 9 nitrogen and oxygen atoms in total. The van der Waals surface area contributed by atoms with Crippen LogP contribution in [-0.4, -0.2) is 50.2 Å². The summed E-state index contributed by atoms with van der Waals surface area (Å²) in [5, 5.41) is 4.80. The van der Waals surface area contributed by atoms with E-state index in [-0.39, 0.29) is 11.7 Å². The van der Waals surface area contributed by atoms with Gasteiger partial charge >= 0.3 is 5.91 Å². The summed E-state index contributed by atoms with van der Waals surface area (Å²) in [5.74, 6) is 1.37. The van der Waals surface area contributed by atoms with Gasteiger partial charge in [0.25, 0.3) is 5.91 Å². The van der Waals surface area contributed by atoms with E-state index in [1.54, 1.807) is 44.6 Å². The summed E-state index contributed by atoms with van der Waals surface area (Å²) in [6, 6.07) is 19.9. The summed E-state index contributed by atoms with van der Waals surface area (Å²) in [7, 11) is 3.10. The molecule has 0 radical (unpaired) electrons. The number of piperidine rings is 1. The molecule has 0 atom stereocenters. The number of para-hydroxylation sites is 1. The lowest BCUT2D eigenvalue weighted by Gasteiger charge is -2.26. The van der Waals surface area contributed by atoms with Crippen molar-refractivity contribution in [1.29, 1.82) is 0 Å². The number of hydrazone groups is 1. The third-order valence-electron chi connectivity index (χ3n) is 6.76. The lowest BCUT2D eigenvalue weighted by Crippen LogP contribution is -2.35. The predicted octanol–water partition coefficient (Wildman–Crippen LogP) is 5.42. The molecule has 0 saturated carbocycles. The highest BCUT2D eigenvalue weighted by molar-refractivity contribution is 5.97. The maximum atomic E-state index is 12.7. The highest BCUT2D eigenvalue weighted by Gasteiger charge is 2.18. The molecule has 1 fully saturated rings. The first-order valence-corrected chi connectivity index (χ1v) is 13.1. The number of nitrogens with zero attached hydrogens (tertiary/aromatic N) is 2. The molecule has 1 saturated heterocycles. The molecule has 40 heavy (non-hydrogen) atoms. The number of likely N-dealkylation sites (tertiary alicyclic amines) is 1. The van der Waals surface area contributed by atoms with Crippen molar-refractivity contribution >= 4 is 29.0 Å². The van der Waals surface area contributed by atoms with E-state index in [4.69, 9.17) is 18.6 Å². The molecule has 4 aromatic rings. The van der Waals surface area contributed by atoms with E-state index in [1.165, 1.54) is 12.6 Å². The number of hydrogen-bond acceptors (Lipinski definition) is 7. The quantitative estimate of drug-likeness (QED) is 0.224. The van der Waals surface area contributed by atoms with E-state index >= 15 is 0 Å². The van der Waals surface area contributed by atoms with Crippen LogP contribution in [-0.2, 0) is 6.61 Å². The maximum absolute atomic E-state index is 12.7. The Hall–Kier alpha value is -4.79. The van der Waals surface area contributed by atoms with Gasteiger partial charge in [-0.15, -0.1) is 0 Å². The minimum absolute atomic E-state index is 0.0834. The summed E-state index contributed by atoms with van der Waals surface area (Å²) in [5.41, 5.74) is 5.31. The zero-order valence-electron chi connectivity index (χ0n) is 22.5. The van der Waals surface area contributed by atoms with Crippen molar-refractivity contribution in [2.24, 2.45) is 5.10 Å². The Labute approximate surface area is 232 Å². The number of furan rings is 1. The standard InChI is InChI=1S/C31H31N3O6/c1-37-26-8-6-7-24-18-28(40-29(24)26)30(35)33-32-19-22-11-14-25(27(17-22)38-2)39-20-21-9-12-23(13-10-21)31(36)34-15-4-3-5-16-34/h6-14,17-19H,3-5,15-16,20H2,1-2H3,(H,33,35)/b32-19-. The second-order valence-electron chi connectivity index (χ2n) is 9.44. The molecule has 1 aliphatic rings. The highest BCUT2D eigenvalue weighted by Crippen LogP contribution is 2.29. The molecular formula is C31H31N3O6. The van der Waals surface area contributed by atoms with E-state index in [9.17, 15) is 9.59 Å². The number of carbonyl (C=O) groups excluding carboxylic acids is 2.